The van der Waals surface area contributed by atoms with E-state index in [0.717, 1.165) is 26.1 Å². The van der Waals surface area contributed by atoms with Gasteiger partial charge >= 0.3 is 0 Å². The van der Waals surface area contributed by atoms with Crippen molar-refractivity contribution in [3.63, 3.8) is 0 Å². The van der Waals surface area contributed by atoms with Gasteiger partial charge in [0, 0.05) is 25.6 Å². The lowest BCUT2D eigenvalue weighted by molar-refractivity contribution is -0.121. The van der Waals surface area contributed by atoms with E-state index in [2.05, 4.69) is 46.8 Å². The second kappa shape index (κ2) is 14.2. The van der Waals surface area contributed by atoms with Crippen LogP contribution in [0.5, 0.6) is 0 Å². The summed E-state index contributed by atoms with van der Waals surface area (Å²) in [5, 5.41) is 6.55. The Hall–Kier alpha value is -0.810. The van der Waals surface area contributed by atoms with Crippen LogP contribution in [0.2, 0.25) is 0 Å². The number of nitrogens with zero attached hydrogens (tertiary/aromatic N) is 1. The molecule has 0 bridgehead atoms. The Morgan fingerprint density at radius 2 is 1.69 bits per heavy atom. The van der Waals surface area contributed by atoms with Gasteiger partial charge in [-0.15, -0.1) is 24.8 Å². The maximum atomic E-state index is 12.3. The van der Waals surface area contributed by atoms with E-state index in [-0.39, 0.29) is 30.7 Å². The van der Waals surface area contributed by atoms with Gasteiger partial charge in [0.15, 0.2) is 0 Å². The third-order valence-electron chi connectivity index (χ3n) is 6.45. The van der Waals surface area contributed by atoms with Crippen LogP contribution in [0, 0.1) is 5.92 Å². The molecule has 0 aromatic heterocycles. The van der Waals surface area contributed by atoms with Crippen molar-refractivity contribution in [1.29, 1.82) is 0 Å². The van der Waals surface area contributed by atoms with Gasteiger partial charge in [-0.05, 0) is 69.3 Å². The fourth-order valence-corrected chi connectivity index (χ4v) is 4.59. The Labute approximate surface area is 189 Å². The number of amides is 1. The zero-order chi connectivity index (χ0) is 18.9. The van der Waals surface area contributed by atoms with Gasteiger partial charge < -0.3 is 10.6 Å². The number of rotatable bonds is 8. The lowest BCUT2D eigenvalue weighted by Crippen LogP contribution is -2.33. The van der Waals surface area contributed by atoms with Crippen LogP contribution in [0.3, 0.4) is 0 Å². The molecule has 6 heteroatoms. The third-order valence-corrected chi connectivity index (χ3v) is 6.45. The summed E-state index contributed by atoms with van der Waals surface area (Å²) in [5.74, 6) is 0.914. The van der Waals surface area contributed by atoms with Crippen LogP contribution >= 0.6 is 24.8 Å². The van der Waals surface area contributed by atoms with Gasteiger partial charge in [0.1, 0.15) is 0 Å². The number of piperidine rings is 1. The molecular weight excluding hydrogens is 405 g/mol. The summed E-state index contributed by atoms with van der Waals surface area (Å²) < 4.78 is 0. The summed E-state index contributed by atoms with van der Waals surface area (Å²) in [6.45, 7) is 3.84. The van der Waals surface area contributed by atoms with Crippen molar-refractivity contribution >= 4 is 30.7 Å². The Bertz CT molecular complexity index is 587. The molecule has 0 unspecified atom stereocenters. The van der Waals surface area contributed by atoms with Crippen LogP contribution < -0.4 is 10.6 Å². The number of hydrogen-bond donors (Lipinski definition) is 2. The largest absolute Gasteiger partial charge is 0.352 e. The van der Waals surface area contributed by atoms with Gasteiger partial charge in [-0.25, -0.2) is 0 Å². The number of benzene rings is 1. The lowest BCUT2D eigenvalue weighted by atomic mass is 9.93. The Morgan fingerprint density at radius 1 is 1.03 bits per heavy atom. The van der Waals surface area contributed by atoms with Crippen molar-refractivity contribution < 1.29 is 4.79 Å². The van der Waals surface area contributed by atoms with Crippen molar-refractivity contribution in [2.45, 2.75) is 76.9 Å². The minimum Gasteiger partial charge on any atom is -0.352 e. The lowest BCUT2D eigenvalue weighted by Gasteiger charge is -2.31. The molecule has 2 aliphatic rings. The molecule has 4 nitrogen and oxygen atoms in total. The van der Waals surface area contributed by atoms with Crippen molar-refractivity contribution in [2.24, 2.45) is 5.92 Å². The molecule has 2 fully saturated rings. The fraction of sp³-hybridized carbons (Fsp3) is 0.696. The van der Waals surface area contributed by atoms with Crippen molar-refractivity contribution in [3.05, 3.63) is 35.4 Å². The molecule has 166 valence electrons. The Balaban J connectivity index is 0.00000210. The van der Waals surface area contributed by atoms with Gasteiger partial charge in [-0.1, -0.05) is 43.5 Å². The van der Waals surface area contributed by atoms with Crippen LogP contribution in [-0.2, 0) is 17.9 Å². The standard InChI is InChI=1S/C23H37N3O.2ClH/c1-26(22-9-3-2-4-10-22)18-21-8-6-5-7-20(21)17-25-23(27)12-11-19-13-15-24-16-14-19;;/h5-8,19,22,24H,2-4,9-18H2,1H3,(H,25,27);2*1H. The summed E-state index contributed by atoms with van der Waals surface area (Å²) in [7, 11) is 2.25. The zero-order valence-corrected chi connectivity index (χ0v) is 19.5. The van der Waals surface area contributed by atoms with Gasteiger partial charge in [0.05, 0.1) is 0 Å². The predicted octanol–water partition coefficient (Wildman–Crippen LogP) is 4.69. The highest BCUT2D eigenvalue weighted by molar-refractivity contribution is 5.85. The van der Waals surface area contributed by atoms with E-state index in [1.165, 1.54) is 56.1 Å². The number of carbonyl (C=O) groups excluding carboxylic acids is 1. The number of halogens is 2. The Morgan fingerprint density at radius 3 is 2.38 bits per heavy atom. The molecule has 1 amide bonds. The second-order valence-corrected chi connectivity index (χ2v) is 8.48. The van der Waals surface area contributed by atoms with Crippen molar-refractivity contribution in [3.8, 4) is 0 Å². The summed E-state index contributed by atoms with van der Waals surface area (Å²) in [6.07, 6.45) is 10.9. The summed E-state index contributed by atoms with van der Waals surface area (Å²) in [6, 6.07) is 9.30. The molecule has 1 aliphatic heterocycles. The number of hydrogen-bond acceptors (Lipinski definition) is 3. The van der Waals surface area contributed by atoms with E-state index >= 15 is 0 Å². The van der Waals surface area contributed by atoms with E-state index in [4.69, 9.17) is 0 Å². The van der Waals surface area contributed by atoms with Crippen LogP contribution in [0.4, 0.5) is 0 Å². The summed E-state index contributed by atoms with van der Waals surface area (Å²) in [5.41, 5.74) is 2.61. The molecule has 1 aliphatic carbocycles. The monoisotopic (exact) mass is 443 g/mol. The SMILES string of the molecule is CN(Cc1ccccc1CNC(=O)CCC1CCNCC1)C1CCCCC1.Cl.Cl. The van der Waals surface area contributed by atoms with Gasteiger partial charge in [-0.2, -0.15) is 0 Å². The predicted molar refractivity (Wildman–Crippen MR) is 126 cm³/mol. The first-order valence-corrected chi connectivity index (χ1v) is 11.0. The van der Waals surface area contributed by atoms with Crippen molar-refractivity contribution in [1.82, 2.24) is 15.5 Å². The van der Waals surface area contributed by atoms with Crippen molar-refractivity contribution in [2.75, 3.05) is 20.1 Å². The zero-order valence-electron chi connectivity index (χ0n) is 17.8. The van der Waals surface area contributed by atoms with Crippen LogP contribution in [0.15, 0.2) is 24.3 Å². The molecule has 3 rings (SSSR count). The normalized spacial score (nSPS) is 18.0. The van der Waals surface area contributed by atoms with Crippen LogP contribution in [0.25, 0.3) is 0 Å². The van der Waals surface area contributed by atoms with E-state index in [1.54, 1.807) is 0 Å². The molecule has 0 spiro atoms. The van der Waals surface area contributed by atoms with Crippen LogP contribution in [-0.4, -0.2) is 37.0 Å². The van der Waals surface area contributed by atoms with E-state index in [0.29, 0.717) is 24.9 Å². The van der Waals surface area contributed by atoms with Gasteiger partial charge in [0.2, 0.25) is 5.91 Å². The molecule has 1 saturated carbocycles. The minimum atomic E-state index is 0. The number of carbonyl (C=O) groups is 1. The Kier molecular flexibility index (Phi) is 12.9. The summed E-state index contributed by atoms with van der Waals surface area (Å²) in [4.78, 5) is 14.8. The maximum Gasteiger partial charge on any atom is 0.220 e. The van der Waals surface area contributed by atoms with E-state index in [9.17, 15) is 4.79 Å². The molecule has 0 atom stereocenters. The first kappa shape index (κ1) is 26.2. The first-order chi connectivity index (χ1) is 13.2. The molecule has 1 heterocycles. The van der Waals surface area contributed by atoms with Gasteiger partial charge in [-0.3, -0.25) is 9.69 Å². The molecular formula is C23H39Cl2N3O. The molecule has 2 N–H and O–H groups in total. The van der Waals surface area contributed by atoms with E-state index in [1.807, 2.05) is 0 Å². The molecule has 1 saturated heterocycles. The smallest absolute Gasteiger partial charge is 0.220 e. The highest BCUT2D eigenvalue weighted by atomic mass is 35.5. The van der Waals surface area contributed by atoms with E-state index < -0.39 is 0 Å². The molecule has 1 aromatic rings. The second-order valence-electron chi connectivity index (χ2n) is 8.48. The minimum absolute atomic E-state index is 0. The third kappa shape index (κ3) is 8.84. The molecule has 1 aromatic carbocycles. The quantitative estimate of drug-likeness (QED) is 0.612. The fourth-order valence-electron chi connectivity index (χ4n) is 4.59. The first-order valence-electron chi connectivity index (χ1n) is 11.0. The maximum absolute atomic E-state index is 12.3. The topological polar surface area (TPSA) is 44.4 Å². The highest BCUT2D eigenvalue weighted by Gasteiger charge is 2.19. The molecule has 0 radical (unpaired) electrons. The summed E-state index contributed by atoms with van der Waals surface area (Å²) >= 11 is 0. The van der Waals surface area contributed by atoms with Crippen LogP contribution in [0.1, 0.15) is 68.9 Å². The average Bonchev–Trinajstić information content (AvgIpc) is 2.73. The van der Waals surface area contributed by atoms with Gasteiger partial charge in [0.25, 0.3) is 0 Å². The average molecular weight is 444 g/mol. The highest BCUT2D eigenvalue weighted by Crippen LogP contribution is 2.23. The molecule has 29 heavy (non-hydrogen) atoms. The number of nitrogens with one attached hydrogen (secondary N) is 2.